The minimum Gasteiger partial charge on any atom is -0.426 e. The van der Waals surface area contributed by atoms with Gasteiger partial charge in [0.25, 0.3) is 0 Å². The first-order valence-corrected chi connectivity index (χ1v) is 7.87. The zero-order valence-corrected chi connectivity index (χ0v) is 14.1. The molecule has 4 N–H and O–H groups in total. The summed E-state index contributed by atoms with van der Waals surface area (Å²) in [6.07, 6.45) is 0.262. The van der Waals surface area contributed by atoms with Crippen molar-refractivity contribution in [1.29, 1.82) is 0 Å². The summed E-state index contributed by atoms with van der Waals surface area (Å²) in [5.74, 6) is -1.92. The summed E-state index contributed by atoms with van der Waals surface area (Å²) >= 11 is 0. The standard InChI is InChI=1S/C16H24BFN2O4/c1-10(2)7-15(17(23)24)20-16(22)9-14(19-11(3)21)12-5-4-6-13(18)8-12/h4-6,8,10,14-15,23-24H,7,9H2,1-3H3,(H,19,21)(H,20,22)/t14?,15-/m0/s1. The highest BCUT2D eigenvalue weighted by Gasteiger charge is 2.27. The molecule has 2 amide bonds. The van der Waals surface area contributed by atoms with Gasteiger partial charge in [-0.1, -0.05) is 26.0 Å². The Morgan fingerprint density at radius 1 is 1.25 bits per heavy atom. The number of benzene rings is 1. The SMILES string of the molecule is CC(=O)NC(CC(=O)N[C@@H](CC(C)C)B(O)O)c1cccc(F)c1. The van der Waals surface area contributed by atoms with Gasteiger partial charge in [-0.15, -0.1) is 0 Å². The Bertz CT molecular complexity index is 569. The van der Waals surface area contributed by atoms with Crippen molar-refractivity contribution in [3.05, 3.63) is 35.6 Å². The van der Waals surface area contributed by atoms with Crippen LogP contribution in [0.15, 0.2) is 24.3 Å². The lowest BCUT2D eigenvalue weighted by molar-refractivity contribution is -0.123. The van der Waals surface area contributed by atoms with E-state index in [1.165, 1.54) is 25.1 Å². The van der Waals surface area contributed by atoms with Gasteiger partial charge in [-0.3, -0.25) is 9.59 Å². The molecule has 0 spiro atoms. The smallest absolute Gasteiger partial charge is 0.426 e. The molecule has 132 valence electrons. The van der Waals surface area contributed by atoms with E-state index in [2.05, 4.69) is 10.6 Å². The number of rotatable bonds is 8. The lowest BCUT2D eigenvalue weighted by Crippen LogP contribution is -2.48. The van der Waals surface area contributed by atoms with E-state index >= 15 is 0 Å². The first-order chi connectivity index (χ1) is 11.2. The summed E-state index contributed by atoms with van der Waals surface area (Å²) in [5, 5.41) is 23.9. The summed E-state index contributed by atoms with van der Waals surface area (Å²) in [6.45, 7) is 5.10. The molecule has 0 aromatic heterocycles. The third kappa shape index (κ3) is 7.10. The quantitative estimate of drug-likeness (QED) is 0.530. The summed E-state index contributed by atoms with van der Waals surface area (Å²) in [5.41, 5.74) is 0.463. The second kappa shape index (κ2) is 9.39. The zero-order valence-electron chi connectivity index (χ0n) is 14.1. The molecule has 0 radical (unpaired) electrons. The average Bonchev–Trinajstić information content (AvgIpc) is 2.44. The van der Waals surface area contributed by atoms with Crippen molar-refractivity contribution in [3.63, 3.8) is 0 Å². The fourth-order valence-corrected chi connectivity index (χ4v) is 2.44. The highest BCUT2D eigenvalue weighted by molar-refractivity contribution is 6.43. The normalized spacial score (nSPS) is 13.3. The maximum atomic E-state index is 13.4. The van der Waals surface area contributed by atoms with Crippen LogP contribution < -0.4 is 10.6 Å². The molecule has 1 rings (SSSR count). The predicted octanol–water partition coefficient (Wildman–Crippen LogP) is 0.936. The van der Waals surface area contributed by atoms with Crippen LogP contribution in [0.1, 0.15) is 45.2 Å². The van der Waals surface area contributed by atoms with E-state index in [0.717, 1.165) is 0 Å². The Morgan fingerprint density at radius 3 is 2.42 bits per heavy atom. The van der Waals surface area contributed by atoms with Gasteiger partial charge in [-0.25, -0.2) is 4.39 Å². The number of carbonyl (C=O) groups is 2. The minimum absolute atomic E-state index is 0.135. The van der Waals surface area contributed by atoms with Gasteiger partial charge >= 0.3 is 7.12 Å². The van der Waals surface area contributed by atoms with Crippen molar-refractivity contribution in [3.8, 4) is 0 Å². The Morgan fingerprint density at radius 2 is 1.92 bits per heavy atom. The van der Waals surface area contributed by atoms with Crippen LogP contribution in [0.4, 0.5) is 4.39 Å². The summed E-state index contributed by atoms with van der Waals surface area (Å²) in [4.78, 5) is 23.6. The Balaban J connectivity index is 2.82. The van der Waals surface area contributed by atoms with E-state index in [9.17, 15) is 24.0 Å². The number of hydrogen-bond donors (Lipinski definition) is 4. The van der Waals surface area contributed by atoms with Crippen LogP contribution in [0.5, 0.6) is 0 Å². The number of hydrogen-bond acceptors (Lipinski definition) is 4. The first kappa shape index (κ1) is 20.1. The van der Waals surface area contributed by atoms with Crippen LogP contribution in [0, 0.1) is 11.7 Å². The zero-order chi connectivity index (χ0) is 18.3. The molecule has 0 saturated heterocycles. The maximum absolute atomic E-state index is 13.4. The fraction of sp³-hybridized carbons (Fsp3) is 0.500. The molecule has 0 aliphatic heterocycles. The third-order valence-electron chi connectivity index (χ3n) is 3.45. The number of carbonyl (C=O) groups excluding carboxylic acids is 2. The number of halogens is 1. The van der Waals surface area contributed by atoms with Gasteiger partial charge in [-0.2, -0.15) is 0 Å². The van der Waals surface area contributed by atoms with Crippen molar-refractivity contribution in [1.82, 2.24) is 10.6 Å². The van der Waals surface area contributed by atoms with E-state index in [1.54, 1.807) is 6.07 Å². The molecule has 8 heteroatoms. The molecule has 0 aliphatic rings. The van der Waals surface area contributed by atoms with Crippen molar-refractivity contribution >= 4 is 18.9 Å². The van der Waals surface area contributed by atoms with Crippen molar-refractivity contribution < 1.29 is 24.0 Å². The third-order valence-corrected chi connectivity index (χ3v) is 3.45. The molecular formula is C16H24BFN2O4. The van der Waals surface area contributed by atoms with E-state index < -0.39 is 30.8 Å². The topological polar surface area (TPSA) is 98.7 Å². The van der Waals surface area contributed by atoms with Gasteiger partial charge < -0.3 is 20.7 Å². The highest BCUT2D eigenvalue weighted by Crippen LogP contribution is 2.18. The van der Waals surface area contributed by atoms with Gasteiger partial charge in [0.1, 0.15) is 5.82 Å². The van der Waals surface area contributed by atoms with Gasteiger partial charge in [0.2, 0.25) is 11.8 Å². The monoisotopic (exact) mass is 338 g/mol. The first-order valence-electron chi connectivity index (χ1n) is 7.87. The lowest BCUT2D eigenvalue weighted by Gasteiger charge is -2.22. The number of amides is 2. The molecule has 0 aliphatic carbocycles. The fourth-order valence-electron chi connectivity index (χ4n) is 2.44. The molecular weight excluding hydrogens is 314 g/mol. The summed E-state index contributed by atoms with van der Waals surface area (Å²) in [7, 11) is -1.68. The minimum atomic E-state index is -1.68. The van der Waals surface area contributed by atoms with Crippen LogP contribution in [-0.4, -0.2) is 34.9 Å². The molecule has 0 bridgehead atoms. The second-order valence-corrected chi connectivity index (χ2v) is 6.23. The average molecular weight is 338 g/mol. The van der Waals surface area contributed by atoms with Gasteiger partial charge in [0, 0.05) is 6.92 Å². The van der Waals surface area contributed by atoms with Gasteiger partial charge in [-0.05, 0) is 30.0 Å². The van der Waals surface area contributed by atoms with E-state index in [4.69, 9.17) is 0 Å². The molecule has 1 aromatic carbocycles. The van der Waals surface area contributed by atoms with Gasteiger partial charge in [0.05, 0.1) is 18.4 Å². The van der Waals surface area contributed by atoms with Crippen molar-refractivity contribution in [2.45, 2.75) is 45.6 Å². The lowest BCUT2D eigenvalue weighted by atomic mass is 9.75. The molecule has 1 unspecified atom stereocenters. The molecule has 0 saturated carbocycles. The van der Waals surface area contributed by atoms with Crippen molar-refractivity contribution in [2.24, 2.45) is 5.92 Å². The van der Waals surface area contributed by atoms with Crippen LogP contribution in [-0.2, 0) is 9.59 Å². The Hall–Kier alpha value is -1.93. The van der Waals surface area contributed by atoms with Crippen LogP contribution in [0.3, 0.4) is 0 Å². The molecule has 0 fully saturated rings. The largest absolute Gasteiger partial charge is 0.475 e. The maximum Gasteiger partial charge on any atom is 0.475 e. The summed E-state index contributed by atoms with van der Waals surface area (Å²) < 4.78 is 13.4. The summed E-state index contributed by atoms with van der Waals surface area (Å²) in [6, 6.07) is 4.93. The second-order valence-electron chi connectivity index (χ2n) is 6.23. The Kier molecular flexibility index (Phi) is 7.87. The molecule has 2 atom stereocenters. The van der Waals surface area contributed by atoms with Gasteiger partial charge in [0.15, 0.2) is 0 Å². The van der Waals surface area contributed by atoms with Crippen LogP contribution in [0.25, 0.3) is 0 Å². The van der Waals surface area contributed by atoms with Crippen LogP contribution >= 0.6 is 0 Å². The predicted molar refractivity (Wildman–Crippen MR) is 89.2 cm³/mol. The molecule has 0 heterocycles. The van der Waals surface area contributed by atoms with E-state index in [1.807, 2.05) is 13.8 Å². The van der Waals surface area contributed by atoms with E-state index in [0.29, 0.717) is 12.0 Å². The Labute approximate surface area is 141 Å². The van der Waals surface area contributed by atoms with E-state index in [-0.39, 0.29) is 18.2 Å². The highest BCUT2D eigenvalue weighted by atomic mass is 19.1. The molecule has 24 heavy (non-hydrogen) atoms. The van der Waals surface area contributed by atoms with Crippen molar-refractivity contribution in [2.75, 3.05) is 0 Å². The number of nitrogens with one attached hydrogen (secondary N) is 2. The molecule has 1 aromatic rings. The van der Waals surface area contributed by atoms with Crippen LogP contribution in [0.2, 0.25) is 0 Å². The molecule has 6 nitrogen and oxygen atoms in total.